The molecule has 0 fully saturated rings. The monoisotopic (exact) mass is 342 g/mol. The van der Waals surface area contributed by atoms with E-state index in [-0.39, 0.29) is 11.5 Å². The Morgan fingerprint density at radius 2 is 1.72 bits per heavy atom. The Kier molecular flexibility index (Phi) is 6.09. The summed E-state index contributed by atoms with van der Waals surface area (Å²) >= 11 is 0. The van der Waals surface area contributed by atoms with Crippen LogP contribution in [0.15, 0.2) is 42.5 Å². The predicted octanol–water partition coefficient (Wildman–Crippen LogP) is 3.87. The fraction of sp³-hybridized carbons (Fsp3) is 0.429. The number of methoxy groups -OCH3 is 1. The molecule has 1 atom stereocenters. The van der Waals surface area contributed by atoms with Crippen LogP contribution < -0.4 is 10.5 Å². The van der Waals surface area contributed by atoms with Gasteiger partial charge in [-0.3, -0.25) is 0 Å². The van der Waals surface area contributed by atoms with Gasteiger partial charge in [-0.15, -0.1) is 0 Å². The van der Waals surface area contributed by atoms with Crippen molar-refractivity contribution >= 4 is 0 Å². The van der Waals surface area contributed by atoms with Crippen LogP contribution in [0.2, 0.25) is 0 Å². The number of nitrogens with zero attached hydrogens (tertiary/aromatic N) is 1. The van der Waals surface area contributed by atoms with Gasteiger partial charge in [0.25, 0.3) is 0 Å². The van der Waals surface area contributed by atoms with Crippen LogP contribution in [0, 0.1) is 5.41 Å². The molecule has 0 aliphatic rings. The number of likely N-dealkylation sites (N-methyl/N-ethyl adjacent to an activating group) is 1. The van der Waals surface area contributed by atoms with Crippen molar-refractivity contribution in [2.24, 2.45) is 11.1 Å². The first kappa shape index (κ1) is 19.3. The predicted molar refractivity (Wildman–Crippen MR) is 104 cm³/mol. The molecule has 2 rings (SSSR count). The second kappa shape index (κ2) is 7.89. The summed E-state index contributed by atoms with van der Waals surface area (Å²) in [5.41, 5.74) is 8.88. The van der Waals surface area contributed by atoms with Crippen molar-refractivity contribution in [2.75, 3.05) is 20.7 Å². The summed E-state index contributed by atoms with van der Waals surface area (Å²) in [6.07, 6.45) is 0. The lowest BCUT2D eigenvalue weighted by molar-refractivity contribution is 0.221. The second-order valence-electron chi connectivity index (χ2n) is 7.68. The maximum Gasteiger partial charge on any atom is 0.128 e. The van der Waals surface area contributed by atoms with Gasteiger partial charge < -0.3 is 20.5 Å². The average Bonchev–Trinajstić information content (AvgIpc) is 2.56. The third kappa shape index (κ3) is 4.74. The van der Waals surface area contributed by atoms with Crippen LogP contribution >= 0.6 is 0 Å². The van der Waals surface area contributed by atoms with Crippen LogP contribution in [-0.2, 0) is 6.54 Å². The highest BCUT2D eigenvalue weighted by Gasteiger charge is 2.22. The van der Waals surface area contributed by atoms with E-state index in [2.05, 4.69) is 25.7 Å². The molecule has 0 spiro atoms. The first-order valence-corrected chi connectivity index (χ1v) is 8.62. The van der Waals surface area contributed by atoms with Gasteiger partial charge in [-0.1, -0.05) is 57.2 Å². The standard InChI is InChI=1S/C21H30N2O2/c1-21(2,3)19(22)14-23(4)13-15-9-8-11-17(20(15)24)16-10-6-7-12-18(16)25-5/h6-12,19,24H,13-14,22H2,1-5H3/t19-/m1/s1. The summed E-state index contributed by atoms with van der Waals surface area (Å²) in [6, 6.07) is 13.6. The van der Waals surface area contributed by atoms with Crippen molar-refractivity contribution in [3.8, 4) is 22.6 Å². The van der Waals surface area contributed by atoms with E-state index >= 15 is 0 Å². The first-order valence-electron chi connectivity index (χ1n) is 8.62. The number of aromatic hydroxyl groups is 1. The Morgan fingerprint density at radius 3 is 2.36 bits per heavy atom. The zero-order valence-corrected chi connectivity index (χ0v) is 15.9. The largest absolute Gasteiger partial charge is 0.507 e. The molecule has 0 aromatic heterocycles. The van der Waals surface area contributed by atoms with E-state index in [4.69, 9.17) is 10.5 Å². The van der Waals surface area contributed by atoms with Gasteiger partial charge >= 0.3 is 0 Å². The number of hydrogen-bond donors (Lipinski definition) is 2. The van der Waals surface area contributed by atoms with Gasteiger partial charge in [0, 0.05) is 35.8 Å². The Morgan fingerprint density at radius 1 is 1.08 bits per heavy atom. The van der Waals surface area contributed by atoms with Crippen LogP contribution in [-0.4, -0.2) is 36.8 Å². The Labute approximate surface area is 151 Å². The molecule has 0 heterocycles. The highest BCUT2D eigenvalue weighted by atomic mass is 16.5. The molecule has 0 bridgehead atoms. The topological polar surface area (TPSA) is 58.7 Å². The molecule has 0 saturated carbocycles. The van der Waals surface area contributed by atoms with Gasteiger partial charge in [-0.2, -0.15) is 0 Å². The molecule has 0 aliphatic carbocycles. The van der Waals surface area contributed by atoms with Crippen LogP contribution in [0.3, 0.4) is 0 Å². The number of phenols is 1. The Hall–Kier alpha value is -2.04. The summed E-state index contributed by atoms with van der Waals surface area (Å²) in [4.78, 5) is 2.15. The molecular weight excluding hydrogens is 312 g/mol. The molecule has 2 aromatic carbocycles. The van der Waals surface area contributed by atoms with Crippen molar-refractivity contribution in [1.82, 2.24) is 4.90 Å². The summed E-state index contributed by atoms with van der Waals surface area (Å²) < 4.78 is 5.43. The molecule has 0 amide bonds. The van der Waals surface area contributed by atoms with Crippen LogP contribution in [0.4, 0.5) is 0 Å². The fourth-order valence-corrected chi connectivity index (χ4v) is 2.77. The van der Waals surface area contributed by atoms with E-state index in [1.54, 1.807) is 7.11 Å². The maximum atomic E-state index is 10.8. The van der Waals surface area contributed by atoms with Crippen molar-refractivity contribution in [3.63, 3.8) is 0 Å². The molecule has 2 aromatic rings. The van der Waals surface area contributed by atoms with E-state index in [1.165, 1.54) is 0 Å². The van der Waals surface area contributed by atoms with E-state index in [1.807, 2.05) is 49.5 Å². The number of nitrogens with two attached hydrogens (primary N) is 1. The van der Waals surface area contributed by atoms with Gasteiger partial charge in [-0.25, -0.2) is 0 Å². The average molecular weight is 342 g/mol. The molecule has 4 nitrogen and oxygen atoms in total. The van der Waals surface area contributed by atoms with Crippen molar-refractivity contribution in [3.05, 3.63) is 48.0 Å². The van der Waals surface area contributed by atoms with Gasteiger partial charge in [0.15, 0.2) is 0 Å². The van der Waals surface area contributed by atoms with Gasteiger partial charge in [-0.05, 0) is 18.5 Å². The fourth-order valence-electron chi connectivity index (χ4n) is 2.77. The second-order valence-corrected chi connectivity index (χ2v) is 7.68. The molecule has 0 aliphatic heterocycles. The smallest absolute Gasteiger partial charge is 0.128 e. The third-order valence-corrected chi connectivity index (χ3v) is 4.58. The van der Waals surface area contributed by atoms with E-state index in [0.717, 1.165) is 29.0 Å². The lowest BCUT2D eigenvalue weighted by atomic mass is 9.87. The van der Waals surface area contributed by atoms with Gasteiger partial charge in [0.1, 0.15) is 11.5 Å². The van der Waals surface area contributed by atoms with Crippen molar-refractivity contribution < 1.29 is 9.84 Å². The van der Waals surface area contributed by atoms with E-state index < -0.39 is 0 Å². The molecule has 3 N–H and O–H groups in total. The minimum atomic E-state index is 0.0511. The van der Waals surface area contributed by atoms with Crippen LogP contribution in [0.25, 0.3) is 11.1 Å². The Balaban J connectivity index is 2.24. The number of benzene rings is 2. The van der Waals surface area contributed by atoms with Gasteiger partial charge in [0.05, 0.1) is 7.11 Å². The number of hydrogen-bond acceptors (Lipinski definition) is 4. The molecule has 136 valence electrons. The quantitative estimate of drug-likeness (QED) is 0.836. The molecule has 4 heteroatoms. The highest BCUT2D eigenvalue weighted by molar-refractivity contribution is 5.76. The van der Waals surface area contributed by atoms with Crippen molar-refractivity contribution in [2.45, 2.75) is 33.4 Å². The normalized spacial score (nSPS) is 13.1. The Bertz CT molecular complexity index is 707. The molecule has 0 unspecified atom stereocenters. The highest BCUT2D eigenvalue weighted by Crippen LogP contribution is 2.37. The lowest BCUT2D eigenvalue weighted by Gasteiger charge is -2.31. The zero-order valence-electron chi connectivity index (χ0n) is 15.9. The number of para-hydroxylation sites is 2. The van der Waals surface area contributed by atoms with Crippen LogP contribution in [0.5, 0.6) is 11.5 Å². The summed E-state index contributed by atoms with van der Waals surface area (Å²) in [6.45, 7) is 7.84. The molecule has 25 heavy (non-hydrogen) atoms. The summed E-state index contributed by atoms with van der Waals surface area (Å²) in [7, 11) is 3.67. The van der Waals surface area contributed by atoms with E-state index in [0.29, 0.717) is 12.3 Å². The molecule has 0 saturated heterocycles. The minimum absolute atomic E-state index is 0.0511. The minimum Gasteiger partial charge on any atom is -0.507 e. The molecule has 0 radical (unpaired) electrons. The SMILES string of the molecule is COc1ccccc1-c1cccc(CN(C)C[C@@H](N)C(C)(C)C)c1O. The first-order chi connectivity index (χ1) is 11.7. The number of phenolic OH excluding ortho intramolecular Hbond substituents is 1. The van der Waals surface area contributed by atoms with Crippen LogP contribution in [0.1, 0.15) is 26.3 Å². The zero-order chi connectivity index (χ0) is 18.6. The summed E-state index contributed by atoms with van der Waals surface area (Å²) in [5, 5.41) is 10.8. The maximum absolute atomic E-state index is 10.8. The number of ether oxygens (including phenoxy) is 1. The number of rotatable bonds is 6. The molecular formula is C21H30N2O2. The van der Waals surface area contributed by atoms with Crippen molar-refractivity contribution in [1.29, 1.82) is 0 Å². The lowest BCUT2D eigenvalue weighted by Crippen LogP contribution is -2.43. The van der Waals surface area contributed by atoms with Gasteiger partial charge in [0.2, 0.25) is 0 Å². The third-order valence-electron chi connectivity index (χ3n) is 4.58. The summed E-state index contributed by atoms with van der Waals surface area (Å²) in [5.74, 6) is 1.04. The van der Waals surface area contributed by atoms with E-state index in [9.17, 15) is 5.11 Å².